The smallest absolute Gasteiger partial charge is 0.281 e. The number of hydrogen-bond donors (Lipinski definition) is 1. The molecule has 1 amide bonds. The molecule has 1 saturated heterocycles. The van der Waals surface area contributed by atoms with Crippen molar-refractivity contribution in [3.63, 3.8) is 0 Å². The molecule has 1 aromatic carbocycles. The summed E-state index contributed by atoms with van der Waals surface area (Å²) < 4.78 is 34.4. The van der Waals surface area contributed by atoms with Crippen LogP contribution in [-0.4, -0.2) is 71.7 Å². The second-order valence-corrected chi connectivity index (χ2v) is 13.4. The molecule has 2 aliphatic rings. The maximum Gasteiger partial charge on any atom is 0.281 e. The van der Waals surface area contributed by atoms with Crippen molar-refractivity contribution in [2.75, 3.05) is 32.2 Å². The predicted molar refractivity (Wildman–Crippen MR) is 144 cm³/mol. The minimum absolute atomic E-state index is 0.0120. The van der Waals surface area contributed by atoms with Gasteiger partial charge in [0, 0.05) is 29.2 Å². The third kappa shape index (κ3) is 4.71. The standard InChI is InChI=1S/C26H31N5O5S2/c1-16-12-17(2)31(28-16)25(33)22-20-10-11-29(5)13-21(20)37-24(22)27-23(32)18-6-8-19(9-7-18)38(34,35)30-15-36-14-26(30,3)4/h6-9,12H,10-11,13-15H2,1-5H3,(H,27,32). The number of ether oxygens (including phenoxy) is 1. The number of aryl methyl sites for hydroxylation is 2. The van der Waals surface area contributed by atoms with Gasteiger partial charge in [-0.2, -0.15) is 9.40 Å². The molecule has 4 heterocycles. The highest BCUT2D eigenvalue weighted by atomic mass is 32.2. The Bertz CT molecular complexity index is 1520. The van der Waals surface area contributed by atoms with Gasteiger partial charge in [0.15, 0.2) is 0 Å². The Balaban J connectivity index is 1.44. The summed E-state index contributed by atoms with van der Waals surface area (Å²) in [5, 5.41) is 7.76. The fourth-order valence-electron chi connectivity index (χ4n) is 4.89. The van der Waals surface area contributed by atoms with E-state index in [9.17, 15) is 18.0 Å². The van der Waals surface area contributed by atoms with Crippen LogP contribution in [0.1, 0.15) is 56.4 Å². The second-order valence-electron chi connectivity index (χ2n) is 10.5. The molecule has 1 N–H and O–H groups in total. The lowest BCUT2D eigenvalue weighted by Crippen LogP contribution is -2.44. The van der Waals surface area contributed by atoms with E-state index in [2.05, 4.69) is 15.3 Å². The third-order valence-corrected chi connectivity index (χ3v) is 10.1. The first-order valence-corrected chi connectivity index (χ1v) is 14.6. The minimum Gasteiger partial charge on any atom is -0.363 e. The van der Waals surface area contributed by atoms with E-state index in [1.165, 1.54) is 44.6 Å². The van der Waals surface area contributed by atoms with Gasteiger partial charge in [0.25, 0.3) is 11.8 Å². The van der Waals surface area contributed by atoms with E-state index in [-0.39, 0.29) is 23.1 Å². The maximum atomic E-state index is 13.6. The number of benzene rings is 1. The highest BCUT2D eigenvalue weighted by Gasteiger charge is 2.42. The molecule has 38 heavy (non-hydrogen) atoms. The number of anilines is 1. The van der Waals surface area contributed by atoms with Crippen LogP contribution in [0.2, 0.25) is 0 Å². The van der Waals surface area contributed by atoms with Crippen molar-refractivity contribution in [2.24, 2.45) is 0 Å². The lowest BCUT2D eigenvalue weighted by atomic mass is 10.0. The van der Waals surface area contributed by atoms with Crippen LogP contribution in [0.25, 0.3) is 0 Å². The van der Waals surface area contributed by atoms with Crippen molar-refractivity contribution >= 4 is 38.2 Å². The Hall–Kier alpha value is -2.90. The van der Waals surface area contributed by atoms with Crippen molar-refractivity contribution in [1.82, 2.24) is 19.0 Å². The van der Waals surface area contributed by atoms with Crippen LogP contribution in [0.3, 0.4) is 0 Å². The molecule has 5 rings (SSSR count). The molecule has 2 aliphatic heterocycles. The molecular formula is C26H31N5O5S2. The highest BCUT2D eigenvalue weighted by molar-refractivity contribution is 7.89. The Morgan fingerprint density at radius 2 is 1.87 bits per heavy atom. The van der Waals surface area contributed by atoms with E-state index in [4.69, 9.17) is 4.74 Å². The van der Waals surface area contributed by atoms with E-state index in [1.54, 1.807) is 0 Å². The zero-order chi connectivity index (χ0) is 27.4. The summed E-state index contributed by atoms with van der Waals surface area (Å²) in [6.07, 6.45) is 0.696. The van der Waals surface area contributed by atoms with Gasteiger partial charge in [0.05, 0.1) is 28.3 Å². The van der Waals surface area contributed by atoms with E-state index in [0.717, 1.165) is 28.4 Å². The van der Waals surface area contributed by atoms with Gasteiger partial charge in [-0.1, -0.05) is 0 Å². The van der Waals surface area contributed by atoms with E-state index >= 15 is 0 Å². The van der Waals surface area contributed by atoms with Gasteiger partial charge in [-0.05, 0) is 77.1 Å². The lowest BCUT2D eigenvalue weighted by Gasteiger charge is -2.28. The summed E-state index contributed by atoms with van der Waals surface area (Å²) in [7, 11) is -1.76. The van der Waals surface area contributed by atoms with Crippen molar-refractivity contribution in [1.29, 1.82) is 0 Å². The largest absolute Gasteiger partial charge is 0.363 e. The van der Waals surface area contributed by atoms with Gasteiger partial charge >= 0.3 is 0 Å². The number of sulfonamides is 1. The summed E-state index contributed by atoms with van der Waals surface area (Å²) in [5.74, 6) is -0.696. The van der Waals surface area contributed by atoms with E-state index in [1.807, 2.05) is 40.8 Å². The molecule has 1 fully saturated rings. The number of fused-ring (bicyclic) bond motifs is 1. The Morgan fingerprint density at radius 1 is 1.16 bits per heavy atom. The van der Waals surface area contributed by atoms with Crippen LogP contribution in [0, 0.1) is 13.8 Å². The number of thiophene rings is 1. The van der Waals surface area contributed by atoms with E-state index < -0.39 is 21.5 Å². The summed E-state index contributed by atoms with van der Waals surface area (Å²) in [6.45, 7) is 9.08. The van der Waals surface area contributed by atoms with Crippen LogP contribution in [0.15, 0.2) is 35.2 Å². The molecule has 12 heteroatoms. The molecule has 10 nitrogen and oxygen atoms in total. The first-order chi connectivity index (χ1) is 17.9. The molecule has 2 aromatic heterocycles. The van der Waals surface area contributed by atoms with Gasteiger partial charge < -0.3 is 15.0 Å². The predicted octanol–water partition coefficient (Wildman–Crippen LogP) is 3.25. The topological polar surface area (TPSA) is 114 Å². The zero-order valence-corrected chi connectivity index (χ0v) is 23.7. The SMILES string of the molecule is Cc1cc(C)n(C(=O)c2c(NC(=O)c3ccc(S(=O)(=O)N4COCC4(C)C)cc3)sc3c2CCN(C)C3)n1. The van der Waals surface area contributed by atoms with Crippen molar-refractivity contribution in [3.8, 4) is 0 Å². The molecule has 0 radical (unpaired) electrons. The molecule has 0 atom stereocenters. The Morgan fingerprint density at radius 3 is 2.47 bits per heavy atom. The highest BCUT2D eigenvalue weighted by Crippen LogP contribution is 2.38. The fraction of sp³-hybridized carbons (Fsp3) is 0.423. The molecule has 0 aliphatic carbocycles. The molecule has 3 aromatic rings. The molecule has 0 bridgehead atoms. The number of carbonyl (C=O) groups excluding carboxylic acids is 2. The van der Waals surface area contributed by atoms with Crippen LogP contribution in [0.5, 0.6) is 0 Å². The minimum atomic E-state index is -3.79. The number of nitrogens with one attached hydrogen (secondary N) is 1. The van der Waals surface area contributed by atoms with Crippen molar-refractivity contribution in [3.05, 3.63) is 63.3 Å². The van der Waals surface area contributed by atoms with E-state index in [0.29, 0.717) is 30.1 Å². The number of carbonyl (C=O) groups is 2. The number of aromatic nitrogens is 2. The van der Waals surface area contributed by atoms with Gasteiger partial charge in [0.1, 0.15) is 11.7 Å². The molecule has 0 saturated carbocycles. The number of hydrogen-bond acceptors (Lipinski definition) is 8. The average molecular weight is 558 g/mol. The Kier molecular flexibility index (Phi) is 6.81. The number of nitrogens with zero attached hydrogens (tertiary/aromatic N) is 4. The second kappa shape index (κ2) is 9.69. The number of amides is 1. The lowest BCUT2D eigenvalue weighted by molar-refractivity contribution is 0.0942. The van der Waals surface area contributed by atoms with Crippen LogP contribution >= 0.6 is 11.3 Å². The number of likely N-dealkylation sites (N-methyl/N-ethyl adjacent to an activating group) is 1. The molecule has 0 unspecified atom stereocenters. The molecule has 0 spiro atoms. The van der Waals surface area contributed by atoms with Crippen molar-refractivity contribution in [2.45, 2.75) is 51.1 Å². The number of rotatable bonds is 5. The first kappa shape index (κ1) is 26.7. The van der Waals surface area contributed by atoms with Crippen LogP contribution in [0.4, 0.5) is 5.00 Å². The molecule has 202 valence electrons. The molecular weight excluding hydrogens is 526 g/mol. The average Bonchev–Trinajstić information content (AvgIpc) is 3.51. The van der Waals surface area contributed by atoms with Crippen LogP contribution in [-0.2, 0) is 27.7 Å². The summed E-state index contributed by atoms with van der Waals surface area (Å²) in [4.78, 5) is 30.2. The van der Waals surface area contributed by atoms with Gasteiger partial charge in [-0.3, -0.25) is 9.59 Å². The monoisotopic (exact) mass is 557 g/mol. The normalized spacial score (nSPS) is 17.9. The zero-order valence-electron chi connectivity index (χ0n) is 22.1. The third-order valence-electron chi connectivity index (χ3n) is 6.93. The van der Waals surface area contributed by atoms with Gasteiger partial charge in [-0.25, -0.2) is 13.1 Å². The fourth-order valence-corrected chi connectivity index (χ4v) is 7.85. The summed E-state index contributed by atoms with van der Waals surface area (Å²) in [5.41, 5.74) is 2.50. The Labute approximate surface area is 226 Å². The summed E-state index contributed by atoms with van der Waals surface area (Å²) in [6, 6.07) is 7.66. The van der Waals surface area contributed by atoms with Gasteiger partial charge in [0.2, 0.25) is 10.0 Å². The van der Waals surface area contributed by atoms with Crippen molar-refractivity contribution < 1.29 is 22.7 Å². The van der Waals surface area contributed by atoms with Crippen LogP contribution < -0.4 is 5.32 Å². The quantitative estimate of drug-likeness (QED) is 0.512. The van der Waals surface area contributed by atoms with Gasteiger partial charge in [-0.15, -0.1) is 11.3 Å². The summed E-state index contributed by atoms with van der Waals surface area (Å²) >= 11 is 1.40. The first-order valence-electron chi connectivity index (χ1n) is 12.3. The maximum absolute atomic E-state index is 13.6.